The number of rotatable bonds is 4. The monoisotopic (exact) mass is 330 g/mol. The highest BCUT2D eigenvalue weighted by atomic mass is 79.9. The third-order valence-electron chi connectivity index (χ3n) is 2.96. The van der Waals surface area contributed by atoms with Gasteiger partial charge >= 0.3 is 0 Å². The van der Waals surface area contributed by atoms with E-state index in [1.54, 1.807) is 0 Å². The molecule has 1 aliphatic carbocycles. The van der Waals surface area contributed by atoms with Crippen molar-refractivity contribution in [2.75, 3.05) is 12.9 Å². The fraction of sp³-hybridized carbons (Fsp3) is 0.385. The van der Waals surface area contributed by atoms with Gasteiger partial charge in [0.05, 0.1) is 12.9 Å². The van der Waals surface area contributed by atoms with E-state index in [4.69, 9.17) is 4.18 Å². The second kappa shape index (κ2) is 5.55. The Labute approximate surface area is 116 Å². The molecule has 0 heterocycles. The molecule has 0 radical (unpaired) electrons. The molecule has 0 fully saturated rings. The van der Waals surface area contributed by atoms with E-state index in [0.717, 1.165) is 29.1 Å². The van der Waals surface area contributed by atoms with Crippen LogP contribution in [0.25, 0.3) is 5.57 Å². The van der Waals surface area contributed by atoms with Crippen LogP contribution in [0.4, 0.5) is 0 Å². The predicted molar refractivity (Wildman–Crippen MR) is 75.6 cm³/mol. The Kier molecular flexibility index (Phi) is 4.25. The molecule has 0 spiro atoms. The van der Waals surface area contributed by atoms with E-state index in [1.165, 1.54) is 5.57 Å². The molecule has 0 aliphatic heterocycles. The van der Waals surface area contributed by atoms with Crippen molar-refractivity contribution in [3.05, 3.63) is 40.4 Å². The van der Waals surface area contributed by atoms with Gasteiger partial charge in [-0.3, -0.25) is 4.18 Å². The average molecular weight is 331 g/mol. The Morgan fingerprint density at radius 1 is 1.44 bits per heavy atom. The van der Waals surface area contributed by atoms with E-state index in [0.29, 0.717) is 0 Å². The Morgan fingerprint density at radius 3 is 2.89 bits per heavy atom. The Hall–Kier alpha value is -0.650. The van der Waals surface area contributed by atoms with E-state index >= 15 is 0 Å². The van der Waals surface area contributed by atoms with Gasteiger partial charge in [-0.1, -0.05) is 34.1 Å². The maximum absolute atomic E-state index is 11.0. The molecule has 0 N–H and O–H groups in total. The van der Waals surface area contributed by atoms with Gasteiger partial charge in [0.2, 0.25) is 0 Å². The highest BCUT2D eigenvalue weighted by Gasteiger charge is 2.22. The molecule has 0 saturated carbocycles. The molecule has 1 aromatic rings. The van der Waals surface area contributed by atoms with Crippen LogP contribution < -0.4 is 0 Å². The molecule has 0 amide bonds. The second-order valence-corrected chi connectivity index (χ2v) is 6.99. The number of hydrogen-bond donors (Lipinski definition) is 0. The zero-order valence-corrected chi connectivity index (χ0v) is 12.5. The van der Waals surface area contributed by atoms with Gasteiger partial charge in [0.25, 0.3) is 10.1 Å². The van der Waals surface area contributed by atoms with Gasteiger partial charge in [-0.25, -0.2) is 0 Å². The third kappa shape index (κ3) is 3.67. The summed E-state index contributed by atoms with van der Waals surface area (Å²) in [5, 5.41) is 0. The molecule has 0 bridgehead atoms. The number of halogens is 1. The molecular weight excluding hydrogens is 316 g/mol. The van der Waals surface area contributed by atoms with Crippen LogP contribution in [0.5, 0.6) is 0 Å². The highest BCUT2D eigenvalue weighted by Crippen LogP contribution is 2.35. The van der Waals surface area contributed by atoms with Crippen molar-refractivity contribution in [2.45, 2.75) is 12.8 Å². The molecule has 5 heteroatoms. The lowest BCUT2D eigenvalue weighted by atomic mass is 9.96. The van der Waals surface area contributed by atoms with Crippen LogP contribution in [0.3, 0.4) is 0 Å². The fourth-order valence-corrected chi connectivity index (χ4v) is 2.97. The first-order chi connectivity index (χ1) is 8.46. The van der Waals surface area contributed by atoms with Gasteiger partial charge in [0.1, 0.15) is 0 Å². The van der Waals surface area contributed by atoms with Crippen molar-refractivity contribution >= 4 is 31.6 Å². The first kappa shape index (κ1) is 13.8. The summed E-state index contributed by atoms with van der Waals surface area (Å²) >= 11 is 3.45. The summed E-state index contributed by atoms with van der Waals surface area (Å²) in [6, 6.07) is 8.04. The van der Waals surface area contributed by atoms with Crippen LogP contribution in [-0.4, -0.2) is 21.3 Å². The molecule has 1 aromatic carbocycles. The van der Waals surface area contributed by atoms with Crippen molar-refractivity contribution in [3.63, 3.8) is 0 Å². The van der Waals surface area contributed by atoms with E-state index in [-0.39, 0.29) is 12.5 Å². The molecule has 18 heavy (non-hydrogen) atoms. The van der Waals surface area contributed by atoms with E-state index < -0.39 is 10.1 Å². The van der Waals surface area contributed by atoms with E-state index in [9.17, 15) is 8.42 Å². The second-order valence-electron chi connectivity index (χ2n) is 4.43. The molecule has 1 atom stereocenters. The summed E-state index contributed by atoms with van der Waals surface area (Å²) in [6.45, 7) is 0.233. The van der Waals surface area contributed by atoms with Gasteiger partial charge in [-0.15, -0.1) is 0 Å². The van der Waals surface area contributed by atoms with Gasteiger partial charge in [0.15, 0.2) is 0 Å². The lowest BCUT2D eigenvalue weighted by molar-refractivity contribution is 0.285. The third-order valence-corrected chi connectivity index (χ3v) is 4.02. The number of hydrogen-bond acceptors (Lipinski definition) is 3. The Morgan fingerprint density at radius 2 is 2.22 bits per heavy atom. The molecule has 2 rings (SSSR count). The molecule has 1 unspecified atom stereocenters. The first-order valence-corrected chi connectivity index (χ1v) is 8.37. The standard InChI is InChI=1S/C13H15BrO3S/c1-18(15,16)17-9-11-5-3-7-13(11)10-4-2-6-12(14)8-10/h2,4,6-8,11H,3,5,9H2,1H3. The summed E-state index contributed by atoms with van der Waals surface area (Å²) in [5.74, 6) is 0.161. The first-order valence-electron chi connectivity index (χ1n) is 5.76. The predicted octanol–water partition coefficient (Wildman–Crippen LogP) is 3.22. The minimum absolute atomic E-state index is 0.161. The maximum Gasteiger partial charge on any atom is 0.264 e. The van der Waals surface area contributed by atoms with E-state index in [1.807, 2.05) is 24.3 Å². The molecule has 3 nitrogen and oxygen atoms in total. The molecule has 98 valence electrons. The van der Waals surface area contributed by atoms with Gasteiger partial charge in [-0.05, 0) is 36.1 Å². The van der Waals surface area contributed by atoms with E-state index in [2.05, 4.69) is 22.0 Å². The highest BCUT2D eigenvalue weighted by molar-refractivity contribution is 9.10. The van der Waals surface area contributed by atoms with Crippen LogP contribution in [0.15, 0.2) is 34.8 Å². The van der Waals surface area contributed by atoms with Crippen LogP contribution >= 0.6 is 15.9 Å². The van der Waals surface area contributed by atoms with Gasteiger partial charge in [0, 0.05) is 10.4 Å². The molecule has 0 saturated heterocycles. The zero-order chi connectivity index (χ0) is 13.2. The molecule has 0 aromatic heterocycles. The SMILES string of the molecule is CS(=O)(=O)OCC1CCC=C1c1cccc(Br)c1. The van der Waals surface area contributed by atoms with Crippen molar-refractivity contribution in [1.82, 2.24) is 0 Å². The maximum atomic E-state index is 11.0. The topological polar surface area (TPSA) is 43.4 Å². The summed E-state index contributed by atoms with van der Waals surface area (Å²) in [4.78, 5) is 0. The summed E-state index contributed by atoms with van der Waals surface area (Å²) in [6.07, 6.45) is 5.17. The normalized spacial score (nSPS) is 19.9. The number of benzene rings is 1. The van der Waals surface area contributed by atoms with Crippen LogP contribution in [0.2, 0.25) is 0 Å². The summed E-state index contributed by atoms with van der Waals surface area (Å²) < 4.78 is 28.0. The van der Waals surface area contributed by atoms with Crippen LogP contribution in [0.1, 0.15) is 18.4 Å². The quantitative estimate of drug-likeness (QED) is 0.796. The van der Waals surface area contributed by atoms with Crippen molar-refractivity contribution < 1.29 is 12.6 Å². The summed E-state index contributed by atoms with van der Waals surface area (Å²) in [7, 11) is -3.36. The largest absolute Gasteiger partial charge is 0.270 e. The fourth-order valence-electron chi connectivity index (χ4n) is 2.16. The molecule has 1 aliphatic rings. The minimum Gasteiger partial charge on any atom is -0.270 e. The molecular formula is C13H15BrO3S. The van der Waals surface area contributed by atoms with Crippen LogP contribution in [0, 0.1) is 5.92 Å². The lowest BCUT2D eigenvalue weighted by Crippen LogP contribution is -2.12. The smallest absolute Gasteiger partial charge is 0.264 e. The van der Waals surface area contributed by atoms with Crippen LogP contribution in [-0.2, 0) is 14.3 Å². The average Bonchev–Trinajstić information content (AvgIpc) is 2.73. The van der Waals surface area contributed by atoms with Gasteiger partial charge in [-0.2, -0.15) is 8.42 Å². The van der Waals surface area contributed by atoms with Gasteiger partial charge < -0.3 is 0 Å². The lowest BCUT2D eigenvalue weighted by Gasteiger charge is -2.14. The van der Waals surface area contributed by atoms with Crippen molar-refractivity contribution in [1.29, 1.82) is 0 Å². The minimum atomic E-state index is -3.36. The van der Waals surface area contributed by atoms with Crippen molar-refractivity contribution in [2.24, 2.45) is 5.92 Å². The zero-order valence-electron chi connectivity index (χ0n) is 10.1. The Balaban J connectivity index is 2.13. The number of allylic oxidation sites excluding steroid dienone is 1. The Bertz CT molecular complexity index is 563. The van der Waals surface area contributed by atoms with Crippen molar-refractivity contribution in [3.8, 4) is 0 Å². The summed E-state index contributed by atoms with van der Waals surface area (Å²) in [5.41, 5.74) is 2.31.